The van der Waals surface area contributed by atoms with Crippen molar-refractivity contribution in [3.8, 4) is 0 Å². The molecule has 1 atom stereocenters. The molecule has 7 nitrogen and oxygen atoms in total. The number of aliphatic carboxylic acids is 1. The van der Waals surface area contributed by atoms with Gasteiger partial charge < -0.3 is 10.00 Å². The smallest absolute Gasteiger partial charge is 0.471 e. The SMILES string of the molecule is COP(=O)(O)OCCCCCCCC(=O)CCCC(=O)O. The fourth-order valence-corrected chi connectivity index (χ4v) is 2.21. The molecule has 0 aliphatic heterocycles. The average molecular weight is 324 g/mol. The van der Waals surface area contributed by atoms with Crippen LogP contribution in [0, 0.1) is 0 Å². The first-order chi connectivity index (χ1) is 9.87. The normalized spacial score (nSPS) is 13.8. The number of hydrogen-bond acceptors (Lipinski definition) is 5. The van der Waals surface area contributed by atoms with Crippen LogP contribution in [0.5, 0.6) is 0 Å². The van der Waals surface area contributed by atoms with Gasteiger partial charge in [-0.25, -0.2) is 4.57 Å². The van der Waals surface area contributed by atoms with Crippen LogP contribution in [0.1, 0.15) is 57.8 Å². The summed E-state index contributed by atoms with van der Waals surface area (Å²) in [5.74, 6) is -0.758. The van der Waals surface area contributed by atoms with Gasteiger partial charge in [-0.1, -0.05) is 19.3 Å². The van der Waals surface area contributed by atoms with Crippen molar-refractivity contribution in [1.29, 1.82) is 0 Å². The highest BCUT2D eigenvalue weighted by Gasteiger charge is 2.17. The lowest BCUT2D eigenvalue weighted by molar-refractivity contribution is -0.137. The highest BCUT2D eigenvalue weighted by atomic mass is 31.2. The van der Waals surface area contributed by atoms with Crippen LogP contribution in [0.4, 0.5) is 0 Å². The molecule has 1 unspecified atom stereocenters. The molecule has 0 saturated heterocycles. The molecular formula is C13H25O7P. The van der Waals surface area contributed by atoms with Gasteiger partial charge in [0, 0.05) is 26.4 Å². The molecule has 0 saturated carbocycles. The van der Waals surface area contributed by atoms with Crippen molar-refractivity contribution in [3.63, 3.8) is 0 Å². The lowest BCUT2D eigenvalue weighted by Gasteiger charge is -2.08. The van der Waals surface area contributed by atoms with Gasteiger partial charge in [-0.3, -0.25) is 18.6 Å². The maximum atomic E-state index is 11.4. The van der Waals surface area contributed by atoms with Crippen LogP contribution in [-0.4, -0.2) is 35.5 Å². The number of phosphoric ester groups is 1. The highest BCUT2D eigenvalue weighted by molar-refractivity contribution is 7.47. The third kappa shape index (κ3) is 14.0. The van der Waals surface area contributed by atoms with Crippen LogP contribution < -0.4 is 0 Å². The number of rotatable bonds is 14. The number of Topliss-reactive ketones (excluding diaryl/α,β-unsaturated/α-hetero) is 1. The zero-order valence-corrected chi connectivity index (χ0v) is 13.3. The Kier molecular flexibility index (Phi) is 11.4. The van der Waals surface area contributed by atoms with Gasteiger partial charge in [0.15, 0.2) is 0 Å². The van der Waals surface area contributed by atoms with E-state index in [9.17, 15) is 14.2 Å². The molecule has 0 bridgehead atoms. The molecular weight excluding hydrogens is 299 g/mol. The maximum absolute atomic E-state index is 11.4. The first-order valence-electron chi connectivity index (χ1n) is 7.14. The second-order valence-electron chi connectivity index (χ2n) is 4.79. The van der Waals surface area contributed by atoms with Crippen molar-refractivity contribution >= 4 is 19.6 Å². The van der Waals surface area contributed by atoms with Crippen molar-refractivity contribution in [2.45, 2.75) is 57.8 Å². The standard InChI is InChI=1S/C13H25O7P/c1-19-21(17,18)20-11-6-4-2-3-5-8-12(14)9-7-10-13(15)16/h2-11H2,1H3,(H,15,16)(H,17,18). The number of phosphoric acid groups is 1. The van der Waals surface area contributed by atoms with Crippen molar-refractivity contribution < 1.29 is 33.2 Å². The highest BCUT2D eigenvalue weighted by Crippen LogP contribution is 2.41. The summed E-state index contributed by atoms with van der Waals surface area (Å²) in [6.07, 6.45) is 5.43. The summed E-state index contributed by atoms with van der Waals surface area (Å²) in [4.78, 5) is 30.7. The second kappa shape index (κ2) is 11.9. The third-order valence-corrected chi connectivity index (χ3v) is 3.90. The van der Waals surface area contributed by atoms with Gasteiger partial charge in [-0.05, 0) is 19.3 Å². The Bertz CT molecular complexity index is 356. The van der Waals surface area contributed by atoms with Crippen molar-refractivity contribution in [1.82, 2.24) is 0 Å². The molecule has 124 valence electrons. The predicted octanol–water partition coefficient (Wildman–Crippen LogP) is 2.91. The van der Waals surface area contributed by atoms with E-state index in [1.54, 1.807) is 0 Å². The van der Waals surface area contributed by atoms with E-state index in [1.807, 2.05) is 0 Å². The van der Waals surface area contributed by atoms with Gasteiger partial charge in [-0.15, -0.1) is 0 Å². The minimum atomic E-state index is -3.85. The largest absolute Gasteiger partial charge is 0.481 e. The molecule has 0 fully saturated rings. The molecule has 0 aromatic rings. The van der Waals surface area contributed by atoms with Crippen LogP contribution in [0.25, 0.3) is 0 Å². The van der Waals surface area contributed by atoms with E-state index in [1.165, 1.54) is 0 Å². The summed E-state index contributed by atoms with van der Waals surface area (Å²) in [6.45, 7) is 0.176. The lowest BCUT2D eigenvalue weighted by atomic mass is 10.1. The summed E-state index contributed by atoms with van der Waals surface area (Å²) >= 11 is 0. The third-order valence-electron chi connectivity index (χ3n) is 2.93. The Morgan fingerprint density at radius 1 is 0.952 bits per heavy atom. The van der Waals surface area contributed by atoms with E-state index in [-0.39, 0.29) is 18.8 Å². The maximum Gasteiger partial charge on any atom is 0.471 e. The molecule has 0 radical (unpaired) electrons. The quantitative estimate of drug-likeness (QED) is 0.373. The van der Waals surface area contributed by atoms with Gasteiger partial charge in [0.05, 0.1) is 6.61 Å². The second-order valence-corrected chi connectivity index (χ2v) is 6.35. The number of carbonyl (C=O) groups excluding carboxylic acids is 1. The number of carboxylic acids is 1. The van der Waals surface area contributed by atoms with Crippen molar-refractivity contribution in [2.75, 3.05) is 13.7 Å². The molecule has 0 aromatic heterocycles. The minimum Gasteiger partial charge on any atom is -0.481 e. The van der Waals surface area contributed by atoms with Crippen molar-refractivity contribution in [3.05, 3.63) is 0 Å². The van der Waals surface area contributed by atoms with Gasteiger partial charge in [-0.2, -0.15) is 0 Å². The van der Waals surface area contributed by atoms with Gasteiger partial charge in [0.1, 0.15) is 5.78 Å². The first-order valence-corrected chi connectivity index (χ1v) is 8.63. The Balaban J connectivity index is 3.34. The Hall–Kier alpha value is -0.750. The Morgan fingerprint density at radius 3 is 2.14 bits per heavy atom. The molecule has 0 rings (SSSR count). The number of unbranched alkanes of at least 4 members (excludes halogenated alkanes) is 4. The molecule has 0 aliphatic rings. The van der Waals surface area contributed by atoms with Crippen LogP contribution in [0.15, 0.2) is 0 Å². The number of carbonyl (C=O) groups is 2. The summed E-state index contributed by atoms with van der Waals surface area (Å²) in [5, 5.41) is 8.45. The zero-order chi connectivity index (χ0) is 16.1. The number of hydrogen-bond donors (Lipinski definition) is 2. The van der Waals surface area contributed by atoms with E-state index in [2.05, 4.69) is 9.05 Å². The average Bonchev–Trinajstić information content (AvgIpc) is 2.41. The molecule has 0 amide bonds. The molecule has 2 N–H and O–H groups in total. The van der Waals surface area contributed by atoms with E-state index in [0.717, 1.165) is 32.8 Å². The van der Waals surface area contributed by atoms with Gasteiger partial charge in [0.25, 0.3) is 0 Å². The first kappa shape index (κ1) is 20.2. The fourth-order valence-electron chi connectivity index (χ4n) is 1.75. The lowest BCUT2D eigenvalue weighted by Crippen LogP contribution is -2.01. The summed E-state index contributed by atoms with van der Waals surface area (Å²) < 4.78 is 19.9. The summed E-state index contributed by atoms with van der Waals surface area (Å²) in [5.41, 5.74) is 0. The topological polar surface area (TPSA) is 110 Å². The van der Waals surface area contributed by atoms with E-state index < -0.39 is 13.8 Å². The molecule has 0 aromatic carbocycles. The predicted molar refractivity (Wildman–Crippen MR) is 77.0 cm³/mol. The molecule has 8 heteroatoms. The van der Waals surface area contributed by atoms with E-state index in [0.29, 0.717) is 25.7 Å². The van der Waals surface area contributed by atoms with Crippen LogP contribution in [0.3, 0.4) is 0 Å². The zero-order valence-electron chi connectivity index (χ0n) is 12.5. The fraction of sp³-hybridized carbons (Fsp3) is 0.846. The van der Waals surface area contributed by atoms with Crippen LogP contribution in [0.2, 0.25) is 0 Å². The molecule has 0 spiro atoms. The molecule has 0 heterocycles. The Morgan fingerprint density at radius 2 is 1.52 bits per heavy atom. The monoisotopic (exact) mass is 324 g/mol. The number of carboxylic acid groups (broad SMARTS) is 1. The van der Waals surface area contributed by atoms with Crippen molar-refractivity contribution in [2.24, 2.45) is 0 Å². The summed E-state index contributed by atoms with van der Waals surface area (Å²) in [7, 11) is -2.73. The molecule has 0 aliphatic carbocycles. The Labute approximate surface area is 125 Å². The number of ketones is 1. The van der Waals surface area contributed by atoms with Crippen LogP contribution in [-0.2, 0) is 23.2 Å². The van der Waals surface area contributed by atoms with Gasteiger partial charge >= 0.3 is 13.8 Å². The van der Waals surface area contributed by atoms with Gasteiger partial charge in [0.2, 0.25) is 0 Å². The molecule has 21 heavy (non-hydrogen) atoms. The summed E-state index contributed by atoms with van der Waals surface area (Å²) in [6, 6.07) is 0. The van der Waals surface area contributed by atoms with Crippen LogP contribution >= 0.6 is 7.82 Å². The minimum absolute atomic E-state index is 0.0436. The van der Waals surface area contributed by atoms with E-state index in [4.69, 9.17) is 10.00 Å². The van der Waals surface area contributed by atoms with E-state index >= 15 is 0 Å².